The van der Waals surface area contributed by atoms with Crippen molar-refractivity contribution >= 4 is 15.9 Å². The first kappa shape index (κ1) is 10.0. The van der Waals surface area contributed by atoms with Crippen molar-refractivity contribution in [1.29, 1.82) is 0 Å². The molecule has 4 heteroatoms. The highest BCUT2D eigenvalue weighted by molar-refractivity contribution is 9.10. The van der Waals surface area contributed by atoms with Gasteiger partial charge in [0, 0.05) is 12.5 Å². The number of halogens is 1. The smallest absolute Gasteiger partial charge is 0.217 e. The molecule has 3 nitrogen and oxygen atoms in total. The van der Waals surface area contributed by atoms with E-state index >= 15 is 0 Å². The maximum absolute atomic E-state index is 5.28. The van der Waals surface area contributed by atoms with Crippen LogP contribution in [-0.4, -0.2) is 16.6 Å². The molecule has 0 saturated carbocycles. The summed E-state index contributed by atoms with van der Waals surface area (Å²) in [4.78, 5) is 8.12. The zero-order chi connectivity index (χ0) is 9.68. The van der Waals surface area contributed by atoms with Crippen LogP contribution in [0, 0.1) is 19.3 Å². The Morgan fingerprint density at radius 2 is 2.38 bits per heavy atom. The van der Waals surface area contributed by atoms with Gasteiger partial charge in [-0.2, -0.15) is 4.98 Å². The van der Waals surface area contributed by atoms with Crippen molar-refractivity contribution in [3.63, 3.8) is 0 Å². The van der Waals surface area contributed by atoms with Gasteiger partial charge in [-0.1, -0.05) is 0 Å². The Balaban J connectivity index is 2.62. The Bertz CT molecular complexity index is 313. The summed E-state index contributed by atoms with van der Waals surface area (Å²) >= 11 is 3.25. The van der Waals surface area contributed by atoms with Gasteiger partial charge in [0.1, 0.15) is 17.0 Å². The van der Waals surface area contributed by atoms with Gasteiger partial charge < -0.3 is 4.74 Å². The van der Waals surface area contributed by atoms with Crippen molar-refractivity contribution in [3.05, 3.63) is 16.5 Å². The summed E-state index contributed by atoms with van der Waals surface area (Å²) in [5, 5.41) is 0. The first-order valence-corrected chi connectivity index (χ1v) is 4.59. The molecular formula is C9H9BrN2O. The van der Waals surface area contributed by atoms with Crippen molar-refractivity contribution in [2.75, 3.05) is 6.61 Å². The van der Waals surface area contributed by atoms with Gasteiger partial charge >= 0.3 is 0 Å². The molecule has 0 bridgehead atoms. The quantitative estimate of drug-likeness (QED) is 0.461. The third kappa shape index (κ3) is 3.43. The third-order valence-electron chi connectivity index (χ3n) is 1.28. The van der Waals surface area contributed by atoms with E-state index in [1.54, 1.807) is 13.0 Å². The lowest BCUT2D eigenvalue weighted by Crippen LogP contribution is -2.00. The SMILES string of the molecule is C#CCCOc1cc(Br)nc(C)n1. The first-order chi connectivity index (χ1) is 6.22. The van der Waals surface area contributed by atoms with E-state index in [1.165, 1.54) is 0 Å². The summed E-state index contributed by atoms with van der Waals surface area (Å²) in [6.07, 6.45) is 5.66. The van der Waals surface area contributed by atoms with E-state index in [0.717, 1.165) is 4.60 Å². The van der Waals surface area contributed by atoms with Crippen LogP contribution in [0.25, 0.3) is 0 Å². The first-order valence-electron chi connectivity index (χ1n) is 3.80. The third-order valence-corrected chi connectivity index (χ3v) is 1.69. The molecule has 13 heavy (non-hydrogen) atoms. The van der Waals surface area contributed by atoms with E-state index in [9.17, 15) is 0 Å². The zero-order valence-electron chi connectivity index (χ0n) is 7.25. The number of aryl methyl sites for hydroxylation is 1. The maximum atomic E-state index is 5.28. The fraction of sp³-hybridized carbons (Fsp3) is 0.333. The standard InChI is InChI=1S/C9H9BrN2O/c1-3-4-5-13-9-6-8(10)11-7(2)12-9/h1,6H,4-5H2,2H3. The monoisotopic (exact) mass is 240 g/mol. The second kappa shape index (κ2) is 4.83. The number of aromatic nitrogens is 2. The van der Waals surface area contributed by atoms with E-state index in [4.69, 9.17) is 11.2 Å². The summed E-state index contributed by atoms with van der Waals surface area (Å²) in [6.45, 7) is 2.29. The highest BCUT2D eigenvalue weighted by Gasteiger charge is 1.99. The second-order valence-corrected chi connectivity index (χ2v) is 3.19. The molecule has 0 amide bonds. The van der Waals surface area contributed by atoms with Crippen molar-refractivity contribution < 1.29 is 4.74 Å². The van der Waals surface area contributed by atoms with Gasteiger partial charge in [-0.3, -0.25) is 0 Å². The number of nitrogens with zero attached hydrogens (tertiary/aromatic N) is 2. The number of hydrogen-bond acceptors (Lipinski definition) is 3. The molecule has 0 fully saturated rings. The van der Waals surface area contributed by atoms with Crippen LogP contribution in [0.1, 0.15) is 12.2 Å². The summed E-state index contributed by atoms with van der Waals surface area (Å²) in [5.74, 6) is 3.71. The molecule has 1 aromatic heterocycles. The largest absolute Gasteiger partial charge is 0.477 e. The Labute approximate surface area is 85.7 Å². The molecule has 0 spiro atoms. The second-order valence-electron chi connectivity index (χ2n) is 2.38. The average molecular weight is 241 g/mol. The molecule has 0 radical (unpaired) electrons. The fourth-order valence-corrected chi connectivity index (χ4v) is 1.25. The predicted octanol–water partition coefficient (Wildman–Crippen LogP) is 1.95. The topological polar surface area (TPSA) is 35.0 Å². The number of terminal acetylenes is 1. The molecule has 1 rings (SSSR count). The molecule has 0 aliphatic rings. The van der Waals surface area contributed by atoms with Crippen LogP contribution < -0.4 is 4.74 Å². The fourth-order valence-electron chi connectivity index (χ4n) is 0.794. The van der Waals surface area contributed by atoms with Crippen molar-refractivity contribution in [2.45, 2.75) is 13.3 Å². The van der Waals surface area contributed by atoms with E-state index < -0.39 is 0 Å². The Kier molecular flexibility index (Phi) is 3.71. The van der Waals surface area contributed by atoms with Gasteiger partial charge in [-0.25, -0.2) is 4.98 Å². The van der Waals surface area contributed by atoms with E-state index in [2.05, 4.69) is 31.8 Å². The number of hydrogen-bond donors (Lipinski definition) is 0. The Morgan fingerprint density at radius 1 is 1.62 bits per heavy atom. The number of ether oxygens (including phenoxy) is 1. The average Bonchev–Trinajstić information content (AvgIpc) is 2.03. The van der Waals surface area contributed by atoms with Crippen LogP contribution in [0.15, 0.2) is 10.7 Å². The van der Waals surface area contributed by atoms with Gasteiger partial charge in [0.25, 0.3) is 0 Å². The van der Waals surface area contributed by atoms with Crippen molar-refractivity contribution in [3.8, 4) is 18.2 Å². The summed E-state index contributed by atoms with van der Waals surface area (Å²) in [7, 11) is 0. The van der Waals surface area contributed by atoms with Gasteiger partial charge in [0.2, 0.25) is 5.88 Å². The molecule has 0 aliphatic heterocycles. The predicted molar refractivity (Wildman–Crippen MR) is 53.4 cm³/mol. The summed E-state index contributed by atoms with van der Waals surface area (Å²) in [6, 6.07) is 1.71. The molecule has 1 aromatic rings. The van der Waals surface area contributed by atoms with Crippen LogP contribution in [-0.2, 0) is 0 Å². The minimum Gasteiger partial charge on any atom is -0.477 e. The highest BCUT2D eigenvalue weighted by atomic mass is 79.9. The van der Waals surface area contributed by atoms with Gasteiger partial charge in [0.05, 0.1) is 0 Å². The molecule has 0 atom stereocenters. The van der Waals surface area contributed by atoms with Gasteiger partial charge in [0.15, 0.2) is 0 Å². The van der Waals surface area contributed by atoms with Crippen LogP contribution in [0.2, 0.25) is 0 Å². The molecule has 0 aliphatic carbocycles. The summed E-state index contributed by atoms with van der Waals surface area (Å²) in [5.41, 5.74) is 0. The van der Waals surface area contributed by atoms with E-state index in [-0.39, 0.29) is 0 Å². The minimum atomic E-state index is 0.486. The van der Waals surface area contributed by atoms with Crippen LogP contribution in [0.5, 0.6) is 5.88 Å². The molecule has 0 saturated heterocycles. The molecular weight excluding hydrogens is 232 g/mol. The van der Waals surface area contributed by atoms with Crippen LogP contribution in [0.4, 0.5) is 0 Å². The highest BCUT2D eigenvalue weighted by Crippen LogP contribution is 2.13. The normalized spacial score (nSPS) is 9.31. The van der Waals surface area contributed by atoms with Gasteiger partial charge in [-0.15, -0.1) is 12.3 Å². The maximum Gasteiger partial charge on any atom is 0.217 e. The molecule has 0 unspecified atom stereocenters. The van der Waals surface area contributed by atoms with E-state index in [1.807, 2.05) is 0 Å². The minimum absolute atomic E-state index is 0.486. The summed E-state index contributed by atoms with van der Waals surface area (Å²) < 4.78 is 6.00. The molecule has 1 heterocycles. The van der Waals surface area contributed by atoms with Crippen molar-refractivity contribution in [2.24, 2.45) is 0 Å². The lowest BCUT2D eigenvalue weighted by molar-refractivity contribution is 0.312. The zero-order valence-corrected chi connectivity index (χ0v) is 8.84. The number of rotatable bonds is 3. The lowest BCUT2D eigenvalue weighted by Gasteiger charge is -2.03. The van der Waals surface area contributed by atoms with Crippen LogP contribution in [0.3, 0.4) is 0 Å². The van der Waals surface area contributed by atoms with Gasteiger partial charge in [-0.05, 0) is 22.9 Å². The Hall–Kier alpha value is -1.08. The van der Waals surface area contributed by atoms with E-state index in [0.29, 0.717) is 24.7 Å². The molecule has 68 valence electrons. The molecule has 0 aromatic carbocycles. The van der Waals surface area contributed by atoms with Crippen LogP contribution >= 0.6 is 15.9 Å². The molecule has 0 N–H and O–H groups in total. The van der Waals surface area contributed by atoms with Crippen molar-refractivity contribution in [1.82, 2.24) is 9.97 Å². The lowest BCUT2D eigenvalue weighted by atomic mass is 10.5. The Morgan fingerprint density at radius 3 is 3.00 bits per heavy atom.